The highest BCUT2D eigenvalue weighted by Gasteiger charge is 1.98. The van der Waals surface area contributed by atoms with Gasteiger partial charge in [-0.2, -0.15) is 0 Å². The van der Waals surface area contributed by atoms with Crippen LogP contribution in [0.25, 0.3) is 0 Å². The lowest BCUT2D eigenvalue weighted by molar-refractivity contribution is 0.194. The SMILES string of the molecule is CCNCc1ccnc(CCCOC)n1. The summed E-state index contributed by atoms with van der Waals surface area (Å²) in [6.07, 6.45) is 3.68. The van der Waals surface area contributed by atoms with Gasteiger partial charge in [-0.1, -0.05) is 6.92 Å². The minimum atomic E-state index is 0.765. The van der Waals surface area contributed by atoms with Gasteiger partial charge in [0.1, 0.15) is 5.82 Å². The Morgan fingerprint density at radius 3 is 3.07 bits per heavy atom. The molecular weight excluding hydrogens is 190 g/mol. The van der Waals surface area contributed by atoms with Crippen molar-refractivity contribution in [1.29, 1.82) is 0 Å². The van der Waals surface area contributed by atoms with Crippen molar-refractivity contribution in [1.82, 2.24) is 15.3 Å². The van der Waals surface area contributed by atoms with Crippen molar-refractivity contribution in [3.05, 3.63) is 23.8 Å². The van der Waals surface area contributed by atoms with E-state index in [9.17, 15) is 0 Å². The highest BCUT2D eigenvalue weighted by Crippen LogP contribution is 1.99. The van der Waals surface area contributed by atoms with Gasteiger partial charge in [-0.15, -0.1) is 0 Å². The minimum absolute atomic E-state index is 0.765. The van der Waals surface area contributed by atoms with Crippen LogP contribution in [0.5, 0.6) is 0 Å². The van der Waals surface area contributed by atoms with Gasteiger partial charge in [0.2, 0.25) is 0 Å². The second kappa shape index (κ2) is 7.31. The van der Waals surface area contributed by atoms with E-state index in [-0.39, 0.29) is 0 Å². The number of hydrogen-bond donors (Lipinski definition) is 1. The molecule has 4 heteroatoms. The summed E-state index contributed by atoms with van der Waals surface area (Å²) in [5.41, 5.74) is 1.05. The third-order valence-electron chi connectivity index (χ3n) is 2.07. The van der Waals surface area contributed by atoms with Crippen LogP contribution >= 0.6 is 0 Å². The van der Waals surface area contributed by atoms with E-state index in [1.54, 1.807) is 7.11 Å². The van der Waals surface area contributed by atoms with Gasteiger partial charge in [-0.25, -0.2) is 9.97 Å². The molecule has 0 unspecified atom stereocenters. The van der Waals surface area contributed by atoms with E-state index in [4.69, 9.17) is 4.74 Å². The molecule has 0 radical (unpaired) electrons. The topological polar surface area (TPSA) is 47.0 Å². The molecule has 15 heavy (non-hydrogen) atoms. The first kappa shape index (κ1) is 12.1. The average Bonchev–Trinajstić information content (AvgIpc) is 2.27. The van der Waals surface area contributed by atoms with Crippen molar-refractivity contribution in [3.63, 3.8) is 0 Å². The summed E-state index contributed by atoms with van der Waals surface area (Å²) in [7, 11) is 1.71. The van der Waals surface area contributed by atoms with Crippen LogP contribution in [-0.2, 0) is 17.7 Å². The van der Waals surface area contributed by atoms with Crippen molar-refractivity contribution < 1.29 is 4.74 Å². The quantitative estimate of drug-likeness (QED) is 0.685. The van der Waals surface area contributed by atoms with Gasteiger partial charge < -0.3 is 10.1 Å². The lowest BCUT2D eigenvalue weighted by atomic mass is 10.3. The number of nitrogens with one attached hydrogen (secondary N) is 1. The summed E-state index contributed by atoms with van der Waals surface area (Å²) in [6, 6.07) is 1.95. The Morgan fingerprint density at radius 2 is 2.33 bits per heavy atom. The molecule has 0 saturated carbocycles. The van der Waals surface area contributed by atoms with E-state index in [1.165, 1.54) is 0 Å². The fourth-order valence-corrected chi connectivity index (χ4v) is 1.29. The van der Waals surface area contributed by atoms with Gasteiger partial charge in [0, 0.05) is 32.9 Å². The van der Waals surface area contributed by atoms with Crippen molar-refractivity contribution in [2.24, 2.45) is 0 Å². The van der Waals surface area contributed by atoms with Crippen molar-refractivity contribution in [2.75, 3.05) is 20.3 Å². The summed E-state index contributed by atoms with van der Waals surface area (Å²) in [5.74, 6) is 0.905. The van der Waals surface area contributed by atoms with E-state index in [2.05, 4.69) is 22.2 Å². The Bertz CT molecular complexity index is 278. The molecule has 1 aromatic rings. The van der Waals surface area contributed by atoms with Gasteiger partial charge in [-0.3, -0.25) is 0 Å². The molecule has 0 bridgehead atoms. The second-order valence-corrected chi connectivity index (χ2v) is 3.34. The Labute approximate surface area is 91.1 Å². The lowest BCUT2D eigenvalue weighted by Gasteiger charge is -2.03. The molecule has 0 amide bonds. The third-order valence-corrected chi connectivity index (χ3v) is 2.07. The summed E-state index contributed by atoms with van der Waals surface area (Å²) >= 11 is 0. The van der Waals surface area contributed by atoms with E-state index in [0.29, 0.717) is 0 Å². The Hall–Kier alpha value is -1.00. The van der Waals surface area contributed by atoms with Crippen molar-refractivity contribution >= 4 is 0 Å². The molecule has 84 valence electrons. The molecule has 0 aromatic carbocycles. The zero-order valence-electron chi connectivity index (χ0n) is 9.49. The van der Waals surface area contributed by atoms with Crippen LogP contribution in [0.4, 0.5) is 0 Å². The van der Waals surface area contributed by atoms with Gasteiger partial charge in [0.15, 0.2) is 0 Å². The number of rotatable bonds is 7. The normalized spacial score (nSPS) is 10.5. The van der Waals surface area contributed by atoms with Gasteiger partial charge in [0.25, 0.3) is 0 Å². The smallest absolute Gasteiger partial charge is 0.128 e. The number of hydrogen-bond acceptors (Lipinski definition) is 4. The Kier molecular flexibility index (Phi) is 5.88. The molecule has 0 fully saturated rings. The molecule has 0 aliphatic carbocycles. The van der Waals surface area contributed by atoms with Gasteiger partial charge >= 0.3 is 0 Å². The number of aromatic nitrogens is 2. The predicted octanol–water partition coefficient (Wildman–Crippen LogP) is 1.17. The summed E-state index contributed by atoms with van der Waals surface area (Å²) in [4.78, 5) is 8.68. The van der Waals surface area contributed by atoms with Crippen LogP contribution in [0.15, 0.2) is 12.3 Å². The monoisotopic (exact) mass is 209 g/mol. The third kappa shape index (κ3) is 4.85. The second-order valence-electron chi connectivity index (χ2n) is 3.34. The molecule has 4 nitrogen and oxygen atoms in total. The molecule has 1 N–H and O–H groups in total. The van der Waals surface area contributed by atoms with E-state index >= 15 is 0 Å². The van der Waals surface area contributed by atoms with Crippen LogP contribution in [0, 0.1) is 0 Å². The maximum Gasteiger partial charge on any atom is 0.128 e. The molecule has 0 saturated heterocycles. The van der Waals surface area contributed by atoms with E-state index in [1.807, 2.05) is 12.3 Å². The molecular formula is C11H19N3O. The zero-order chi connectivity index (χ0) is 10.9. The Balaban J connectivity index is 2.42. The van der Waals surface area contributed by atoms with Crippen LogP contribution in [0.2, 0.25) is 0 Å². The summed E-state index contributed by atoms with van der Waals surface area (Å²) < 4.78 is 4.99. The van der Waals surface area contributed by atoms with E-state index in [0.717, 1.165) is 44.1 Å². The first-order valence-electron chi connectivity index (χ1n) is 5.37. The number of nitrogens with zero attached hydrogens (tertiary/aromatic N) is 2. The van der Waals surface area contributed by atoms with Crippen molar-refractivity contribution in [3.8, 4) is 0 Å². The van der Waals surface area contributed by atoms with Crippen molar-refractivity contribution in [2.45, 2.75) is 26.3 Å². The highest BCUT2D eigenvalue weighted by molar-refractivity contribution is 5.02. The van der Waals surface area contributed by atoms with Crippen LogP contribution in [0.3, 0.4) is 0 Å². The molecule has 0 aliphatic heterocycles. The summed E-state index contributed by atoms with van der Waals surface area (Å²) in [5, 5.41) is 3.24. The highest BCUT2D eigenvalue weighted by atomic mass is 16.5. The summed E-state index contributed by atoms with van der Waals surface area (Å²) in [6.45, 7) is 4.63. The van der Waals surface area contributed by atoms with Gasteiger partial charge in [-0.05, 0) is 19.0 Å². The van der Waals surface area contributed by atoms with Gasteiger partial charge in [0.05, 0.1) is 5.69 Å². The molecule has 0 spiro atoms. The van der Waals surface area contributed by atoms with Crippen LogP contribution in [-0.4, -0.2) is 30.2 Å². The molecule has 1 aromatic heterocycles. The average molecular weight is 209 g/mol. The van der Waals surface area contributed by atoms with E-state index < -0.39 is 0 Å². The number of methoxy groups -OCH3 is 1. The first-order valence-corrected chi connectivity index (χ1v) is 5.37. The minimum Gasteiger partial charge on any atom is -0.385 e. The standard InChI is InChI=1S/C11H19N3O/c1-3-12-9-10-6-7-13-11(14-10)5-4-8-15-2/h6-7,12H,3-5,8-9H2,1-2H3. The maximum atomic E-state index is 4.99. The fourth-order valence-electron chi connectivity index (χ4n) is 1.29. The number of aryl methyl sites for hydroxylation is 1. The number of ether oxygens (including phenoxy) is 1. The van der Waals surface area contributed by atoms with Crippen LogP contribution < -0.4 is 5.32 Å². The predicted molar refractivity (Wildman–Crippen MR) is 59.6 cm³/mol. The molecule has 1 rings (SSSR count). The molecule has 0 aliphatic rings. The maximum absolute atomic E-state index is 4.99. The molecule has 0 atom stereocenters. The zero-order valence-corrected chi connectivity index (χ0v) is 9.49. The fraction of sp³-hybridized carbons (Fsp3) is 0.636. The molecule has 1 heterocycles. The largest absolute Gasteiger partial charge is 0.385 e. The lowest BCUT2D eigenvalue weighted by Crippen LogP contribution is -2.13. The first-order chi connectivity index (χ1) is 7.36. The Morgan fingerprint density at radius 1 is 1.47 bits per heavy atom. The van der Waals surface area contributed by atoms with Crippen LogP contribution in [0.1, 0.15) is 24.9 Å².